The molecule has 7 nitrogen and oxygen atoms in total. The lowest BCUT2D eigenvalue weighted by Gasteiger charge is -2.23. The standard InChI is InChI=1S/C29H42N2O5S/c1-5-7-19-37-20-17-31(29(34)30-25-12-10-24(11-13-25)22(3)4)16-18-36-26-14-8-23(9-15-26)21-27(28(32)33)35-6-2/h8-15,22,27H,5-7,16-21H2,1-4H3,(H,30,34)(H,32,33). The third-order valence-electron chi connectivity index (χ3n) is 5.88. The Kier molecular flexibility index (Phi) is 14.0. The van der Waals surface area contributed by atoms with Crippen LogP contribution in [-0.2, 0) is 16.0 Å². The van der Waals surface area contributed by atoms with Crippen LogP contribution in [0.3, 0.4) is 0 Å². The van der Waals surface area contributed by atoms with Crippen molar-refractivity contribution in [2.45, 2.75) is 59.0 Å². The number of anilines is 1. The molecule has 37 heavy (non-hydrogen) atoms. The molecule has 1 atom stereocenters. The molecule has 8 heteroatoms. The maximum Gasteiger partial charge on any atom is 0.333 e. The Morgan fingerprint density at radius 3 is 2.30 bits per heavy atom. The van der Waals surface area contributed by atoms with Gasteiger partial charge in [-0.15, -0.1) is 0 Å². The van der Waals surface area contributed by atoms with Gasteiger partial charge in [0.2, 0.25) is 0 Å². The summed E-state index contributed by atoms with van der Waals surface area (Å²) in [7, 11) is 0. The zero-order valence-corrected chi connectivity index (χ0v) is 23.4. The van der Waals surface area contributed by atoms with Crippen molar-refractivity contribution in [3.05, 3.63) is 59.7 Å². The number of amides is 2. The van der Waals surface area contributed by atoms with E-state index in [9.17, 15) is 14.7 Å². The molecule has 0 fully saturated rings. The lowest BCUT2D eigenvalue weighted by molar-refractivity contribution is -0.149. The fourth-order valence-electron chi connectivity index (χ4n) is 3.62. The van der Waals surface area contributed by atoms with E-state index < -0.39 is 12.1 Å². The number of unbranched alkanes of at least 4 members (excludes halogenated alkanes) is 1. The van der Waals surface area contributed by atoms with E-state index in [0.717, 1.165) is 22.8 Å². The Bertz CT molecular complexity index is 934. The number of carbonyl (C=O) groups excluding carboxylic acids is 1. The van der Waals surface area contributed by atoms with Gasteiger partial charge in [0.25, 0.3) is 0 Å². The van der Waals surface area contributed by atoms with Crippen molar-refractivity contribution < 1.29 is 24.2 Å². The van der Waals surface area contributed by atoms with Crippen LogP contribution in [0.1, 0.15) is 57.6 Å². The van der Waals surface area contributed by atoms with Gasteiger partial charge in [-0.25, -0.2) is 9.59 Å². The van der Waals surface area contributed by atoms with E-state index >= 15 is 0 Å². The number of nitrogens with zero attached hydrogens (tertiary/aromatic N) is 1. The van der Waals surface area contributed by atoms with Crippen LogP contribution in [0.2, 0.25) is 0 Å². The SMILES string of the molecule is CCCCSCCN(CCOc1ccc(CC(OCC)C(=O)O)cc1)C(=O)Nc1ccc(C(C)C)cc1. The van der Waals surface area contributed by atoms with E-state index in [1.165, 1.54) is 18.4 Å². The molecule has 0 saturated heterocycles. The number of hydrogen-bond donors (Lipinski definition) is 2. The zero-order valence-electron chi connectivity index (χ0n) is 22.6. The molecule has 0 aromatic heterocycles. The molecule has 0 spiro atoms. The molecule has 2 rings (SSSR count). The summed E-state index contributed by atoms with van der Waals surface area (Å²) in [5, 5.41) is 12.3. The highest BCUT2D eigenvalue weighted by atomic mass is 32.2. The predicted octanol–water partition coefficient (Wildman–Crippen LogP) is 6.29. The molecular weight excluding hydrogens is 488 g/mol. The van der Waals surface area contributed by atoms with Crippen molar-refractivity contribution >= 4 is 29.4 Å². The molecule has 1 unspecified atom stereocenters. The summed E-state index contributed by atoms with van der Waals surface area (Å²) in [5.74, 6) is 2.12. The summed E-state index contributed by atoms with van der Waals surface area (Å²) in [5.41, 5.74) is 2.88. The summed E-state index contributed by atoms with van der Waals surface area (Å²) in [4.78, 5) is 26.2. The molecule has 2 aromatic rings. The zero-order chi connectivity index (χ0) is 27.0. The Labute approximate surface area is 225 Å². The number of rotatable bonds is 17. The average molecular weight is 531 g/mol. The van der Waals surface area contributed by atoms with Gasteiger partial charge in [0.15, 0.2) is 6.10 Å². The van der Waals surface area contributed by atoms with Gasteiger partial charge in [0, 0.05) is 31.0 Å². The van der Waals surface area contributed by atoms with Gasteiger partial charge in [-0.2, -0.15) is 11.8 Å². The van der Waals surface area contributed by atoms with Crippen LogP contribution in [-0.4, -0.2) is 65.9 Å². The Balaban J connectivity index is 1.92. The first-order chi connectivity index (χ1) is 17.8. The molecule has 0 heterocycles. The summed E-state index contributed by atoms with van der Waals surface area (Å²) in [6.45, 7) is 10.1. The van der Waals surface area contributed by atoms with Crippen LogP contribution in [0.5, 0.6) is 5.75 Å². The smallest absolute Gasteiger partial charge is 0.333 e. The Hall–Kier alpha value is -2.71. The molecule has 0 saturated carbocycles. The Morgan fingerprint density at radius 1 is 1.00 bits per heavy atom. The van der Waals surface area contributed by atoms with E-state index in [2.05, 4.69) is 26.1 Å². The predicted molar refractivity (Wildman–Crippen MR) is 152 cm³/mol. The van der Waals surface area contributed by atoms with Crippen LogP contribution in [0.25, 0.3) is 0 Å². The minimum absolute atomic E-state index is 0.136. The molecule has 0 aliphatic carbocycles. The summed E-state index contributed by atoms with van der Waals surface area (Å²) < 4.78 is 11.2. The van der Waals surface area contributed by atoms with E-state index in [4.69, 9.17) is 9.47 Å². The number of nitrogens with one attached hydrogen (secondary N) is 1. The molecule has 0 bridgehead atoms. The van der Waals surface area contributed by atoms with E-state index in [0.29, 0.717) is 44.4 Å². The summed E-state index contributed by atoms with van der Waals surface area (Å²) in [6.07, 6.45) is 1.78. The summed E-state index contributed by atoms with van der Waals surface area (Å²) in [6, 6.07) is 15.2. The third kappa shape index (κ3) is 11.5. The van der Waals surface area contributed by atoms with Gasteiger partial charge in [0.05, 0.1) is 6.54 Å². The average Bonchev–Trinajstić information content (AvgIpc) is 2.88. The van der Waals surface area contributed by atoms with E-state index in [-0.39, 0.29) is 6.03 Å². The number of carboxylic acid groups (broad SMARTS) is 1. The van der Waals surface area contributed by atoms with Gasteiger partial charge in [-0.3, -0.25) is 0 Å². The highest BCUT2D eigenvalue weighted by Crippen LogP contribution is 2.18. The topological polar surface area (TPSA) is 88.1 Å². The number of aliphatic carboxylic acids is 1. The quantitative estimate of drug-likeness (QED) is 0.234. The second-order valence-electron chi connectivity index (χ2n) is 9.14. The third-order valence-corrected chi connectivity index (χ3v) is 6.93. The first-order valence-electron chi connectivity index (χ1n) is 13.1. The van der Waals surface area contributed by atoms with Crippen LogP contribution in [0, 0.1) is 0 Å². The van der Waals surface area contributed by atoms with Gasteiger partial charge in [-0.1, -0.05) is 51.5 Å². The Morgan fingerprint density at radius 2 is 1.70 bits per heavy atom. The van der Waals surface area contributed by atoms with Crippen molar-refractivity contribution in [2.75, 3.05) is 43.1 Å². The van der Waals surface area contributed by atoms with Gasteiger partial charge in [0.1, 0.15) is 12.4 Å². The molecule has 2 N–H and O–H groups in total. The number of benzene rings is 2. The van der Waals surface area contributed by atoms with Crippen molar-refractivity contribution in [2.24, 2.45) is 0 Å². The molecule has 0 aliphatic rings. The van der Waals surface area contributed by atoms with Crippen molar-refractivity contribution in [1.29, 1.82) is 0 Å². The normalized spacial score (nSPS) is 11.8. The van der Waals surface area contributed by atoms with Crippen LogP contribution in [0.4, 0.5) is 10.5 Å². The van der Waals surface area contributed by atoms with Crippen molar-refractivity contribution in [3.63, 3.8) is 0 Å². The largest absolute Gasteiger partial charge is 0.492 e. The molecule has 2 aromatic carbocycles. The fourth-order valence-corrected chi connectivity index (χ4v) is 4.67. The molecule has 204 valence electrons. The van der Waals surface area contributed by atoms with Crippen LogP contribution >= 0.6 is 11.8 Å². The number of ether oxygens (including phenoxy) is 2. The van der Waals surface area contributed by atoms with E-state index in [1.54, 1.807) is 11.8 Å². The minimum Gasteiger partial charge on any atom is -0.492 e. The fraction of sp³-hybridized carbons (Fsp3) is 0.517. The van der Waals surface area contributed by atoms with Crippen molar-refractivity contribution in [3.8, 4) is 5.75 Å². The van der Waals surface area contributed by atoms with Crippen LogP contribution < -0.4 is 10.1 Å². The highest BCUT2D eigenvalue weighted by Gasteiger charge is 2.18. The maximum absolute atomic E-state index is 13.0. The first kappa shape index (κ1) is 30.5. The monoisotopic (exact) mass is 530 g/mol. The lowest BCUT2D eigenvalue weighted by atomic mass is 10.0. The number of urea groups is 1. The van der Waals surface area contributed by atoms with Gasteiger partial charge in [-0.05, 0) is 60.4 Å². The molecule has 0 aliphatic heterocycles. The summed E-state index contributed by atoms with van der Waals surface area (Å²) >= 11 is 1.86. The number of hydrogen-bond acceptors (Lipinski definition) is 5. The lowest BCUT2D eigenvalue weighted by Crippen LogP contribution is -2.39. The maximum atomic E-state index is 13.0. The highest BCUT2D eigenvalue weighted by molar-refractivity contribution is 7.99. The van der Waals surface area contributed by atoms with Crippen LogP contribution in [0.15, 0.2) is 48.5 Å². The number of carboxylic acids is 1. The molecule has 0 radical (unpaired) electrons. The second-order valence-corrected chi connectivity index (χ2v) is 10.4. The van der Waals surface area contributed by atoms with Gasteiger partial charge < -0.3 is 24.8 Å². The molecular formula is C29H42N2O5S. The molecule has 2 amide bonds. The number of carbonyl (C=O) groups is 2. The second kappa shape index (κ2) is 16.9. The van der Waals surface area contributed by atoms with E-state index in [1.807, 2.05) is 60.3 Å². The first-order valence-corrected chi connectivity index (χ1v) is 14.3. The number of thioether (sulfide) groups is 1. The van der Waals surface area contributed by atoms with Gasteiger partial charge >= 0.3 is 12.0 Å². The minimum atomic E-state index is -0.968. The van der Waals surface area contributed by atoms with Crippen molar-refractivity contribution in [1.82, 2.24) is 4.90 Å².